The van der Waals surface area contributed by atoms with Crippen molar-refractivity contribution in [3.05, 3.63) is 60.8 Å². The second-order valence-electron chi connectivity index (χ2n) is 21.0. The second-order valence-corrected chi connectivity index (χ2v) is 22.4. The number of phosphoric ester groups is 1. The van der Waals surface area contributed by atoms with E-state index in [1.165, 1.54) is 154 Å². The third-order valence-corrected chi connectivity index (χ3v) is 13.7. The fourth-order valence-corrected chi connectivity index (χ4v) is 8.89. The molecule has 71 heavy (non-hydrogen) atoms. The minimum Gasteiger partial charge on any atom is -0.756 e. The Bertz CT molecular complexity index is 1380. The van der Waals surface area contributed by atoms with Gasteiger partial charge in [-0.25, -0.2) is 0 Å². The molecule has 0 aromatic rings. The van der Waals surface area contributed by atoms with Gasteiger partial charge in [0.1, 0.15) is 19.8 Å². The van der Waals surface area contributed by atoms with Crippen LogP contribution in [0.25, 0.3) is 0 Å². The zero-order valence-corrected chi connectivity index (χ0v) is 47.8. The van der Waals surface area contributed by atoms with Gasteiger partial charge in [0.25, 0.3) is 7.82 Å². The lowest BCUT2D eigenvalue weighted by molar-refractivity contribution is -0.870. The number of ether oxygens (including phenoxy) is 2. The number of phosphoric acid groups is 1. The van der Waals surface area contributed by atoms with Crippen molar-refractivity contribution in [2.45, 2.75) is 270 Å². The van der Waals surface area contributed by atoms with E-state index in [0.717, 1.165) is 70.6 Å². The predicted molar refractivity (Wildman–Crippen MR) is 300 cm³/mol. The number of hydrogen-bond donors (Lipinski definition) is 0. The van der Waals surface area contributed by atoms with Crippen molar-refractivity contribution in [3.8, 4) is 0 Å². The van der Waals surface area contributed by atoms with E-state index in [1.54, 1.807) is 0 Å². The van der Waals surface area contributed by atoms with E-state index in [9.17, 15) is 19.0 Å². The Morgan fingerprint density at radius 2 is 0.761 bits per heavy atom. The summed E-state index contributed by atoms with van der Waals surface area (Å²) in [5.41, 5.74) is 0. The fourth-order valence-electron chi connectivity index (χ4n) is 8.16. The summed E-state index contributed by atoms with van der Waals surface area (Å²) >= 11 is 0. The summed E-state index contributed by atoms with van der Waals surface area (Å²) in [4.78, 5) is 37.8. The highest BCUT2D eigenvalue weighted by Gasteiger charge is 2.22. The predicted octanol–water partition coefficient (Wildman–Crippen LogP) is 17.7. The zero-order valence-electron chi connectivity index (χ0n) is 46.9. The maximum atomic E-state index is 12.8. The van der Waals surface area contributed by atoms with E-state index < -0.39 is 32.5 Å². The maximum Gasteiger partial charge on any atom is 0.306 e. The molecule has 0 amide bonds. The number of carbonyl (C=O) groups excluding carboxylic acids is 2. The minimum atomic E-state index is -4.64. The minimum absolute atomic E-state index is 0.0340. The summed E-state index contributed by atoms with van der Waals surface area (Å²) in [7, 11) is 1.16. The molecule has 0 rings (SSSR count). The molecule has 2 unspecified atom stereocenters. The summed E-state index contributed by atoms with van der Waals surface area (Å²) in [6, 6.07) is 0. The van der Waals surface area contributed by atoms with Crippen LogP contribution < -0.4 is 4.89 Å². The molecule has 0 aromatic heterocycles. The van der Waals surface area contributed by atoms with Crippen molar-refractivity contribution in [3.63, 3.8) is 0 Å². The first-order valence-electron chi connectivity index (χ1n) is 29.5. The van der Waals surface area contributed by atoms with Gasteiger partial charge >= 0.3 is 11.9 Å². The molecule has 0 heterocycles. The van der Waals surface area contributed by atoms with Gasteiger partial charge in [0, 0.05) is 12.8 Å². The van der Waals surface area contributed by atoms with Crippen molar-refractivity contribution in [1.29, 1.82) is 0 Å². The summed E-state index contributed by atoms with van der Waals surface area (Å²) in [5.74, 6) is -0.844. The van der Waals surface area contributed by atoms with Crippen LogP contribution in [-0.2, 0) is 32.7 Å². The first-order valence-corrected chi connectivity index (χ1v) is 31.0. The highest BCUT2D eigenvalue weighted by molar-refractivity contribution is 7.45. The van der Waals surface area contributed by atoms with Gasteiger partial charge in [-0.15, -0.1) is 0 Å². The highest BCUT2D eigenvalue weighted by Crippen LogP contribution is 2.38. The van der Waals surface area contributed by atoms with Crippen molar-refractivity contribution in [1.82, 2.24) is 0 Å². The molecule has 0 bridgehead atoms. The number of quaternary nitrogens is 1. The Morgan fingerprint density at radius 3 is 1.14 bits per heavy atom. The molecule has 0 aromatic carbocycles. The Hall–Kier alpha value is -2.29. The normalized spacial score (nSPS) is 13.7. The largest absolute Gasteiger partial charge is 0.756 e. The zero-order chi connectivity index (χ0) is 52.0. The van der Waals surface area contributed by atoms with Gasteiger partial charge in [0.05, 0.1) is 27.7 Å². The number of hydrogen-bond acceptors (Lipinski definition) is 8. The molecular formula is C61H112NO8P. The highest BCUT2D eigenvalue weighted by atomic mass is 31.2. The average molecular weight is 1020 g/mol. The molecule has 0 radical (unpaired) electrons. The molecule has 0 N–H and O–H groups in total. The van der Waals surface area contributed by atoms with Gasteiger partial charge in [0.15, 0.2) is 6.10 Å². The van der Waals surface area contributed by atoms with E-state index in [0.29, 0.717) is 23.9 Å². The molecule has 2 atom stereocenters. The van der Waals surface area contributed by atoms with Crippen molar-refractivity contribution >= 4 is 19.8 Å². The standard InChI is InChI=1S/C61H112NO8P/c1-6-8-10-12-14-16-18-20-22-24-25-26-27-28-29-30-31-32-33-34-35-36-37-38-40-42-44-46-48-50-52-54-61(64)70-59(58-69-71(65,66)68-56-55-62(3,4)5)57-67-60(63)53-51-49-47-45-43-41-39-23-21-19-17-15-13-11-9-7-2/h17-20,23-25,27-28,39,59H,6-16,21-22,26,29-38,40-58H2,1-5H3/b19-17-,20-18-,25-24-,28-27-,39-23-. The monoisotopic (exact) mass is 1020 g/mol. The number of carbonyl (C=O) groups is 2. The lowest BCUT2D eigenvalue weighted by atomic mass is 10.0. The lowest BCUT2D eigenvalue weighted by Gasteiger charge is -2.28. The second kappa shape index (κ2) is 52.6. The van der Waals surface area contributed by atoms with Crippen LogP contribution in [0.1, 0.15) is 264 Å². The van der Waals surface area contributed by atoms with Gasteiger partial charge in [-0.3, -0.25) is 14.2 Å². The Morgan fingerprint density at radius 1 is 0.437 bits per heavy atom. The maximum absolute atomic E-state index is 12.8. The molecule has 0 spiro atoms. The van der Waals surface area contributed by atoms with Gasteiger partial charge in [-0.2, -0.15) is 0 Å². The molecule has 0 aliphatic heterocycles. The number of esters is 2. The van der Waals surface area contributed by atoms with E-state index in [1.807, 2.05) is 21.1 Å². The third kappa shape index (κ3) is 56.9. The summed E-state index contributed by atoms with van der Waals surface area (Å²) in [6.07, 6.45) is 67.0. The van der Waals surface area contributed by atoms with Crippen LogP contribution in [0.4, 0.5) is 0 Å². The van der Waals surface area contributed by atoms with Crippen LogP contribution in [0.15, 0.2) is 60.8 Å². The Labute approximate surface area is 438 Å². The smallest absolute Gasteiger partial charge is 0.306 e. The van der Waals surface area contributed by atoms with Crippen LogP contribution in [0.3, 0.4) is 0 Å². The van der Waals surface area contributed by atoms with E-state index in [-0.39, 0.29) is 26.1 Å². The van der Waals surface area contributed by atoms with Gasteiger partial charge < -0.3 is 27.9 Å². The molecule has 9 nitrogen and oxygen atoms in total. The van der Waals surface area contributed by atoms with E-state index in [4.69, 9.17) is 18.5 Å². The molecule has 0 aliphatic carbocycles. The quantitative estimate of drug-likeness (QED) is 0.0195. The summed E-state index contributed by atoms with van der Waals surface area (Å²) < 4.78 is 34.1. The molecular weight excluding hydrogens is 906 g/mol. The number of rotatable bonds is 54. The van der Waals surface area contributed by atoms with Crippen LogP contribution in [0, 0.1) is 0 Å². The number of allylic oxidation sites excluding steroid dienone is 10. The molecule has 0 saturated carbocycles. The number of unbranched alkanes of at least 4 members (excludes halogenated alkanes) is 30. The van der Waals surface area contributed by atoms with Gasteiger partial charge in [0.2, 0.25) is 0 Å². The Kier molecular flexibility index (Phi) is 50.9. The van der Waals surface area contributed by atoms with Crippen molar-refractivity contribution < 1.29 is 42.1 Å². The van der Waals surface area contributed by atoms with Crippen molar-refractivity contribution in [2.75, 3.05) is 47.5 Å². The van der Waals surface area contributed by atoms with Gasteiger partial charge in [-0.05, 0) is 83.5 Å². The van der Waals surface area contributed by atoms with Crippen LogP contribution in [0.5, 0.6) is 0 Å². The first kappa shape index (κ1) is 68.7. The van der Waals surface area contributed by atoms with E-state index in [2.05, 4.69) is 74.6 Å². The average Bonchev–Trinajstić information content (AvgIpc) is 3.33. The fraction of sp³-hybridized carbons (Fsp3) is 0.803. The van der Waals surface area contributed by atoms with Crippen molar-refractivity contribution in [2.24, 2.45) is 0 Å². The first-order chi connectivity index (χ1) is 34.5. The number of likely N-dealkylation sites (N-methyl/N-ethyl adjacent to an activating group) is 1. The van der Waals surface area contributed by atoms with Crippen LogP contribution in [0.2, 0.25) is 0 Å². The molecule has 0 saturated heterocycles. The number of nitrogens with zero attached hydrogens (tertiary/aromatic N) is 1. The summed E-state index contributed by atoms with van der Waals surface area (Å²) in [6.45, 7) is 4.21. The van der Waals surface area contributed by atoms with Crippen LogP contribution in [-0.4, -0.2) is 70.0 Å². The SMILES string of the molecule is CCCCCC/C=C\C/C=C\CCCCCCCC(=O)OCC(COP(=O)([O-])OCC[N+](C)(C)C)OC(=O)CCCCCCCCCCCCCCCCCC/C=C\C/C=C\C/C=C\CCCCCCC. The molecule has 10 heteroatoms. The van der Waals surface area contributed by atoms with Gasteiger partial charge in [-0.1, -0.05) is 229 Å². The molecule has 414 valence electrons. The van der Waals surface area contributed by atoms with Crippen LogP contribution >= 0.6 is 7.82 Å². The lowest BCUT2D eigenvalue weighted by Crippen LogP contribution is -2.37. The van der Waals surface area contributed by atoms with E-state index >= 15 is 0 Å². The topological polar surface area (TPSA) is 111 Å². The summed E-state index contributed by atoms with van der Waals surface area (Å²) in [5, 5.41) is 0. The third-order valence-electron chi connectivity index (χ3n) is 12.8. The molecule has 0 aliphatic rings. The molecule has 0 fully saturated rings. The Balaban J connectivity index is 4.09.